The van der Waals surface area contributed by atoms with Gasteiger partial charge in [-0.05, 0) is 25.1 Å². The number of fused-ring (bicyclic) bond motifs is 3. The Labute approximate surface area is 142 Å². The Bertz CT molecular complexity index is 782. The predicted molar refractivity (Wildman–Crippen MR) is 94.6 cm³/mol. The molecule has 0 spiro atoms. The van der Waals surface area contributed by atoms with Gasteiger partial charge in [-0.15, -0.1) is 0 Å². The van der Waals surface area contributed by atoms with E-state index in [1.54, 1.807) is 0 Å². The van der Waals surface area contributed by atoms with E-state index in [0.717, 1.165) is 42.8 Å². The molecule has 0 fully saturated rings. The Morgan fingerprint density at radius 3 is 2.71 bits per heavy atom. The van der Waals surface area contributed by atoms with E-state index in [9.17, 15) is 5.11 Å². The summed E-state index contributed by atoms with van der Waals surface area (Å²) in [6, 6.07) is 10.3. The average Bonchev–Trinajstić information content (AvgIpc) is 2.93. The molecule has 0 saturated carbocycles. The van der Waals surface area contributed by atoms with Gasteiger partial charge in [-0.2, -0.15) is 4.98 Å². The maximum atomic E-state index is 10.7. The molecule has 0 amide bonds. The fraction of sp³-hybridized carbons (Fsp3) is 0.389. The van der Waals surface area contributed by atoms with Crippen LogP contribution < -0.4 is 9.80 Å². The second kappa shape index (κ2) is 5.65. The van der Waals surface area contributed by atoms with E-state index in [1.165, 1.54) is 5.56 Å². The molecular weight excluding hydrogens is 302 g/mol. The van der Waals surface area contributed by atoms with Gasteiger partial charge in [-0.3, -0.25) is 9.47 Å². The van der Waals surface area contributed by atoms with Gasteiger partial charge in [-0.25, -0.2) is 0 Å². The van der Waals surface area contributed by atoms with Crippen LogP contribution in [0.5, 0.6) is 0 Å². The number of hydrogen-bond acceptors (Lipinski definition) is 5. The van der Waals surface area contributed by atoms with Gasteiger partial charge in [0.2, 0.25) is 5.95 Å². The zero-order chi connectivity index (χ0) is 16.8. The average molecular weight is 325 g/mol. The van der Waals surface area contributed by atoms with E-state index in [2.05, 4.69) is 33.9 Å². The zero-order valence-corrected chi connectivity index (χ0v) is 14.3. The van der Waals surface area contributed by atoms with Crippen LogP contribution in [-0.2, 0) is 13.1 Å². The summed E-state index contributed by atoms with van der Waals surface area (Å²) >= 11 is 0. The molecule has 1 aromatic carbocycles. The van der Waals surface area contributed by atoms with Crippen LogP contribution in [0.25, 0.3) is 0 Å². The molecule has 2 aliphatic heterocycles. The SMILES string of the molecule is CC1=CN(Cc2ccccc2)c2nc3c(n2C1O)CN(C)CN3C. The third-order valence-electron chi connectivity index (χ3n) is 4.67. The molecule has 6 heteroatoms. The molecule has 6 nitrogen and oxygen atoms in total. The first kappa shape index (κ1) is 15.2. The number of aromatic nitrogens is 2. The first-order chi connectivity index (χ1) is 11.5. The molecule has 1 N–H and O–H groups in total. The molecule has 24 heavy (non-hydrogen) atoms. The maximum absolute atomic E-state index is 10.7. The van der Waals surface area contributed by atoms with Gasteiger partial charge in [0.15, 0.2) is 12.0 Å². The van der Waals surface area contributed by atoms with Crippen LogP contribution in [0.1, 0.15) is 24.4 Å². The van der Waals surface area contributed by atoms with E-state index in [-0.39, 0.29) is 0 Å². The van der Waals surface area contributed by atoms with E-state index in [1.807, 2.05) is 42.9 Å². The fourth-order valence-electron chi connectivity index (χ4n) is 3.56. The highest BCUT2D eigenvalue weighted by Crippen LogP contribution is 2.38. The summed E-state index contributed by atoms with van der Waals surface area (Å²) in [4.78, 5) is 11.3. The minimum Gasteiger partial charge on any atom is -0.369 e. The lowest BCUT2D eigenvalue weighted by molar-refractivity contribution is 0.132. The molecule has 0 saturated heterocycles. The first-order valence-electron chi connectivity index (χ1n) is 8.22. The van der Waals surface area contributed by atoms with Crippen molar-refractivity contribution in [3.63, 3.8) is 0 Å². The summed E-state index contributed by atoms with van der Waals surface area (Å²) in [5.41, 5.74) is 3.21. The van der Waals surface area contributed by atoms with Crippen LogP contribution in [0.2, 0.25) is 0 Å². The Morgan fingerprint density at radius 2 is 1.96 bits per heavy atom. The van der Waals surface area contributed by atoms with Crippen LogP contribution in [0.3, 0.4) is 0 Å². The Morgan fingerprint density at radius 1 is 1.21 bits per heavy atom. The Hall–Kier alpha value is -2.31. The molecule has 0 bridgehead atoms. The lowest BCUT2D eigenvalue weighted by Gasteiger charge is -2.33. The van der Waals surface area contributed by atoms with Crippen molar-refractivity contribution in [2.75, 3.05) is 30.6 Å². The summed E-state index contributed by atoms with van der Waals surface area (Å²) < 4.78 is 1.97. The van der Waals surface area contributed by atoms with Gasteiger partial charge in [-0.1, -0.05) is 30.3 Å². The van der Waals surface area contributed by atoms with E-state index in [0.29, 0.717) is 0 Å². The number of nitrogens with zero attached hydrogens (tertiary/aromatic N) is 5. The zero-order valence-electron chi connectivity index (χ0n) is 14.3. The van der Waals surface area contributed by atoms with Gasteiger partial charge >= 0.3 is 0 Å². The predicted octanol–water partition coefficient (Wildman–Crippen LogP) is 2.14. The third-order valence-corrected chi connectivity index (χ3v) is 4.67. The summed E-state index contributed by atoms with van der Waals surface area (Å²) in [7, 11) is 4.13. The van der Waals surface area contributed by atoms with Crippen LogP contribution in [-0.4, -0.2) is 40.3 Å². The quantitative estimate of drug-likeness (QED) is 0.917. The minimum absolute atomic E-state index is 0.650. The summed E-state index contributed by atoms with van der Waals surface area (Å²) in [6.45, 7) is 4.33. The second-order valence-corrected chi connectivity index (χ2v) is 6.77. The number of imidazole rings is 1. The second-order valence-electron chi connectivity index (χ2n) is 6.77. The first-order valence-corrected chi connectivity index (χ1v) is 8.22. The van der Waals surface area contributed by atoms with Crippen LogP contribution >= 0.6 is 0 Å². The van der Waals surface area contributed by atoms with Crippen LogP contribution in [0.4, 0.5) is 11.8 Å². The lowest BCUT2D eigenvalue weighted by atomic mass is 10.2. The van der Waals surface area contributed by atoms with Crippen molar-refractivity contribution >= 4 is 11.8 Å². The van der Waals surface area contributed by atoms with Gasteiger partial charge in [0.1, 0.15) is 0 Å². The van der Waals surface area contributed by atoms with Crippen LogP contribution in [0.15, 0.2) is 42.1 Å². The highest BCUT2D eigenvalue weighted by molar-refractivity contribution is 5.57. The molecule has 0 radical (unpaired) electrons. The van der Waals surface area contributed by atoms with Crippen LogP contribution in [0, 0.1) is 0 Å². The Balaban J connectivity index is 1.78. The molecule has 126 valence electrons. The Kier molecular flexibility index (Phi) is 3.58. The number of anilines is 2. The normalized spacial score (nSPS) is 20.7. The van der Waals surface area contributed by atoms with Crippen molar-refractivity contribution in [1.82, 2.24) is 14.5 Å². The van der Waals surface area contributed by atoms with Crippen molar-refractivity contribution in [3.8, 4) is 0 Å². The highest BCUT2D eigenvalue weighted by Gasteiger charge is 2.33. The minimum atomic E-state index is -0.650. The van der Waals surface area contributed by atoms with Crippen molar-refractivity contribution in [3.05, 3.63) is 53.4 Å². The molecule has 2 aromatic rings. The molecule has 1 unspecified atom stereocenters. The van der Waals surface area contributed by atoms with Gasteiger partial charge < -0.3 is 14.9 Å². The fourth-order valence-corrected chi connectivity index (χ4v) is 3.56. The van der Waals surface area contributed by atoms with Gasteiger partial charge in [0.25, 0.3) is 0 Å². The van der Waals surface area contributed by atoms with Crippen molar-refractivity contribution in [1.29, 1.82) is 0 Å². The number of hydrogen-bond donors (Lipinski definition) is 1. The standard InChI is InChI=1S/C18H23N5O/c1-13-9-22(10-14-7-5-4-6-8-14)18-19-16-15(23(18)17(13)24)11-20(2)12-21(16)3/h4-9,17,24H,10-12H2,1-3H3. The largest absolute Gasteiger partial charge is 0.369 e. The summed E-state index contributed by atoms with van der Waals surface area (Å²) in [5, 5.41) is 10.7. The highest BCUT2D eigenvalue weighted by atomic mass is 16.3. The number of rotatable bonds is 2. The van der Waals surface area contributed by atoms with Crippen molar-refractivity contribution < 1.29 is 5.11 Å². The van der Waals surface area contributed by atoms with Gasteiger partial charge in [0, 0.05) is 19.8 Å². The van der Waals surface area contributed by atoms with Gasteiger partial charge in [0.05, 0.1) is 18.9 Å². The topological polar surface area (TPSA) is 47.8 Å². The lowest BCUT2D eigenvalue weighted by Crippen LogP contribution is -2.39. The number of aliphatic hydroxyl groups excluding tert-OH is 1. The monoisotopic (exact) mass is 325 g/mol. The molecule has 1 atom stereocenters. The molecule has 2 aliphatic rings. The van der Waals surface area contributed by atoms with Crippen molar-refractivity contribution in [2.45, 2.75) is 26.2 Å². The number of aliphatic hydroxyl groups is 1. The smallest absolute Gasteiger partial charge is 0.214 e. The third kappa shape index (κ3) is 2.39. The molecule has 3 heterocycles. The summed E-state index contributed by atoms with van der Waals surface area (Å²) in [5.74, 6) is 1.77. The molecule has 1 aromatic heterocycles. The van der Waals surface area contributed by atoms with E-state index >= 15 is 0 Å². The summed E-state index contributed by atoms with van der Waals surface area (Å²) in [6.07, 6.45) is 1.36. The molecular formula is C18H23N5O. The van der Waals surface area contributed by atoms with Crippen molar-refractivity contribution in [2.24, 2.45) is 0 Å². The molecule has 4 rings (SSSR count). The van der Waals surface area contributed by atoms with E-state index in [4.69, 9.17) is 4.98 Å². The molecule has 0 aliphatic carbocycles. The van der Waals surface area contributed by atoms with E-state index < -0.39 is 6.23 Å². The maximum Gasteiger partial charge on any atom is 0.214 e. The number of benzene rings is 1.